The van der Waals surface area contributed by atoms with Crippen LogP contribution in [0, 0.1) is 0 Å². The van der Waals surface area contributed by atoms with Gasteiger partial charge in [-0.15, -0.1) is 0 Å². The highest BCUT2D eigenvalue weighted by atomic mass is 127. The molecule has 0 fully saturated rings. The molecular weight excluding hydrogens is 454 g/mol. The van der Waals surface area contributed by atoms with E-state index in [9.17, 15) is 0 Å². The lowest BCUT2D eigenvalue weighted by Gasteiger charge is -1.81. The second-order valence-corrected chi connectivity index (χ2v) is 3.82. The van der Waals surface area contributed by atoms with E-state index in [4.69, 9.17) is 0 Å². The number of aryl methyl sites for hydroxylation is 4. The van der Waals surface area contributed by atoms with Crippen molar-refractivity contribution in [3.8, 4) is 0 Å². The summed E-state index contributed by atoms with van der Waals surface area (Å²) in [6.45, 7) is 6.36. The molecule has 2 aromatic heterocycles. The zero-order valence-electron chi connectivity index (χ0n) is 11.4. The minimum atomic E-state index is 0. The van der Waals surface area contributed by atoms with E-state index in [1.54, 1.807) is 0 Å². The van der Waals surface area contributed by atoms with Crippen molar-refractivity contribution in [3.05, 3.63) is 37.4 Å². The smallest absolute Gasteiger partial charge is 0.243 e. The standard InChI is InChI=1S/2C6H11N2.2HI/c2*1-3-8-5-4-7(2)6-8;;/h2*4-6H,3H2,1-2H3;2*1H/q2*+1;;/p-2. The molecule has 0 saturated heterocycles. The fraction of sp³-hybridized carbons (Fsp3) is 0.500. The van der Waals surface area contributed by atoms with Gasteiger partial charge < -0.3 is 48.0 Å². The van der Waals surface area contributed by atoms with Crippen LogP contribution < -0.4 is 57.1 Å². The molecule has 4 nitrogen and oxygen atoms in total. The van der Waals surface area contributed by atoms with E-state index in [1.807, 2.05) is 35.6 Å². The van der Waals surface area contributed by atoms with Gasteiger partial charge in [-0.1, -0.05) is 0 Å². The van der Waals surface area contributed by atoms with Gasteiger partial charge in [0.1, 0.15) is 24.8 Å². The summed E-state index contributed by atoms with van der Waals surface area (Å²) in [7, 11) is 4.04. The topological polar surface area (TPSA) is 17.6 Å². The summed E-state index contributed by atoms with van der Waals surface area (Å²) in [5.74, 6) is 0. The molecule has 0 bridgehead atoms. The highest BCUT2D eigenvalue weighted by molar-refractivity contribution is 4.64. The van der Waals surface area contributed by atoms with Crippen molar-refractivity contribution in [3.63, 3.8) is 0 Å². The van der Waals surface area contributed by atoms with Crippen molar-refractivity contribution >= 4 is 0 Å². The number of hydrogen-bond donors (Lipinski definition) is 0. The molecule has 0 aliphatic carbocycles. The van der Waals surface area contributed by atoms with Crippen LogP contribution in [0.25, 0.3) is 0 Å². The van der Waals surface area contributed by atoms with Crippen LogP contribution in [0.4, 0.5) is 0 Å². The van der Waals surface area contributed by atoms with Gasteiger partial charge in [-0.2, -0.15) is 0 Å². The summed E-state index contributed by atoms with van der Waals surface area (Å²) in [5.41, 5.74) is 0. The molecule has 0 radical (unpaired) electrons. The van der Waals surface area contributed by atoms with Crippen LogP contribution in [-0.2, 0) is 27.2 Å². The van der Waals surface area contributed by atoms with Crippen molar-refractivity contribution in [1.82, 2.24) is 9.13 Å². The predicted molar refractivity (Wildman–Crippen MR) is 62.6 cm³/mol. The Hall–Kier alpha value is -0.120. The predicted octanol–water partition coefficient (Wildman–Crippen LogP) is -5.33. The van der Waals surface area contributed by atoms with Crippen molar-refractivity contribution in [2.75, 3.05) is 0 Å². The molecule has 0 amide bonds. The molecule has 2 rings (SSSR count). The molecule has 6 heteroatoms. The number of nitrogens with zero attached hydrogens (tertiary/aromatic N) is 4. The van der Waals surface area contributed by atoms with E-state index < -0.39 is 0 Å². The van der Waals surface area contributed by atoms with E-state index in [0.717, 1.165) is 13.1 Å². The van der Waals surface area contributed by atoms with E-state index in [1.165, 1.54) is 0 Å². The first-order valence-corrected chi connectivity index (χ1v) is 5.67. The lowest BCUT2D eigenvalue weighted by molar-refractivity contribution is -0.671. The largest absolute Gasteiger partial charge is 1.00 e. The van der Waals surface area contributed by atoms with Gasteiger partial charge >= 0.3 is 0 Å². The van der Waals surface area contributed by atoms with E-state index in [-0.39, 0.29) is 48.0 Å². The minimum absolute atomic E-state index is 0. The molecule has 18 heavy (non-hydrogen) atoms. The van der Waals surface area contributed by atoms with Gasteiger partial charge in [0.2, 0.25) is 12.7 Å². The Bertz CT molecular complexity index is 383. The molecule has 2 aromatic rings. The van der Waals surface area contributed by atoms with Gasteiger partial charge in [-0.3, -0.25) is 0 Å². The van der Waals surface area contributed by atoms with Gasteiger partial charge in [0.25, 0.3) is 0 Å². The van der Waals surface area contributed by atoms with Crippen LogP contribution >= 0.6 is 0 Å². The minimum Gasteiger partial charge on any atom is -1.00 e. The number of halogens is 2. The van der Waals surface area contributed by atoms with Crippen LogP contribution in [0.15, 0.2) is 37.4 Å². The Kier molecular flexibility index (Phi) is 12.1. The SMILES string of the molecule is CCn1cc[n+](C)c1.CCn1cc[n+](C)c1.[I-].[I-]. The van der Waals surface area contributed by atoms with Gasteiger partial charge in [0, 0.05) is 0 Å². The average molecular weight is 476 g/mol. The lowest BCUT2D eigenvalue weighted by atomic mass is 10.7. The third-order valence-electron chi connectivity index (χ3n) is 2.38. The first-order chi connectivity index (χ1) is 7.65. The Balaban J connectivity index is 0. The van der Waals surface area contributed by atoms with Crippen molar-refractivity contribution in [2.24, 2.45) is 14.1 Å². The maximum Gasteiger partial charge on any atom is 0.243 e. The molecule has 2 heterocycles. The van der Waals surface area contributed by atoms with Crippen LogP contribution in [0.3, 0.4) is 0 Å². The summed E-state index contributed by atoms with van der Waals surface area (Å²) in [6, 6.07) is 0. The van der Waals surface area contributed by atoms with E-state index in [2.05, 4.69) is 48.0 Å². The maximum atomic E-state index is 2.12. The normalized spacial score (nSPS) is 8.67. The molecule has 0 aromatic carbocycles. The number of aromatic nitrogens is 4. The van der Waals surface area contributed by atoms with Crippen molar-refractivity contribution in [2.45, 2.75) is 26.9 Å². The van der Waals surface area contributed by atoms with Crippen molar-refractivity contribution < 1.29 is 57.1 Å². The zero-order chi connectivity index (χ0) is 12.0. The molecule has 0 unspecified atom stereocenters. The summed E-state index contributed by atoms with van der Waals surface area (Å²) < 4.78 is 8.31. The molecule has 0 aliphatic rings. The lowest BCUT2D eigenvalue weighted by Crippen LogP contribution is -3.00. The number of imidazole rings is 2. The third kappa shape index (κ3) is 7.34. The molecule has 0 N–H and O–H groups in total. The van der Waals surface area contributed by atoms with Crippen LogP contribution in [0.1, 0.15) is 13.8 Å². The van der Waals surface area contributed by atoms with Gasteiger partial charge in [-0.05, 0) is 13.8 Å². The quantitative estimate of drug-likeness (QED) is 0.305. The molecule has 104 valence electrons. The second-order valence-electron chi connectivity index (χ2n) is 3.82. The zero-order valence-corrected chi connectivity index (χ0v) is 15.7. The Morgan fingerprint density at radius 3 is 1.22 bits per heavy atom. The van der Waals surface area contributed by atoms with Gasteiger partial charge in [0.15, 0.2) is 0 Å². The second kappa shape index (κ2) is 10.8. The highest BCUT2D eigenvalue weighted by Crippen LogP contribution is 1.79. The summed E-state index contributed by atoms with van der Waals surface area (Å²) in [5, 5.41) is 0. The number of rotatable bonds is 2. The van der Waals surface area contributed by atoms with Crippen LogP contribution in [-0.4, -0.2) is 9.13 Å². The third-order valence-corrected chi connectivity index (χ3v) is 2.38. The maximum absolute atomic E-state index is 2.12. The van der Waals surface area contributed by atoms with E-state index >= 15 is 0 Å². The Morgan fingerprint density at radius 2 is 1.11 bits per heavy atom. The fourth-order valence-corrected chi connectivity index (χ4v) is 1.38. The Labute approximate surface area is 144 Å². The molecule has 0 atom stereocenters. The highest BCUT2D eigenvalue weighted by Gasteiger charge is 1.92. The average Bonchev–Trinajstić information content (AvgIpc) is 2.88. The number of hydrogen-bond acceptors (Lipinski definition) is 0. The molecular formula is C12H22I2N4. The summed E-state index contributed by atoms with van der Waals surface area (Å²) in [6.07, 6.45) is 12.3. The fourth-order valence-electron chi connectivity index (χ4n) is 1.38. The molecule has 0 aliphatic heterocycles. The summed E-state index contributed by atoms with van der Waals surface area (Å²) in [4.78, 5) is 0. The monoisotopic (exact) mass is 476 g/mol. The molecule has 0 saturated carbocycles. The molecule has 0 spiro atoms. The first-order valence-electron chi connectivity index (χ1n) is 5.67. The van der Waals surface area contributed by atoms with Crippen LogP contribution in [0.5, 0.6) is 0 Å². The van der Waals surface area contributed by atoms with E-state index in [0.29, 0.717) is 0 Å². The Morgan fingerprint density at radius 1 is 0.778 bits per heavy atom. The summed E-state index contributed by atoms with van der Waals surface area (Å²) >= 11 is 0. The van der Waals surface area contributed by atoms with Crippen LogP contribution in [0.2, 0.25) is 0 Å². The van der Waals surface area contributed by atoms with Gasteiger partial charge in [-0.25, -0.2) is 18.3 Å². The van der Waals surface area contributed by atoms with Gasteiger partial charge in [0.05, 0.1) is 27.2 Å². The first kappa shape index (κ1) is 20.2. The van der Waals surface area contributed by atoms with Crippen molar-refractivity contribution in [1.29, 1.82) is 0 Å².